The Morgan fingerprint density at radius 3 is 1.97 bits per heavy atom. The number of amides is 2. The number of aliphatic hydroxyl groups excluding tert-OH is 9. The first-order valence-corrected chi connectivity index (χ1v) is 19.3. The van der Waals surface area contributed by atoms with E-state index in [2.05, 4.69) is 32.0 Å². The molecule has 0 bridgehead atoms. The maximum absolute atomic E-state index is 12.4. The van der Waals surface area contributed by atoms with E-state index < -0.39 is 73.8 Å². The zero-order valence-corrected chi connectivity index (χ0v) is 33.1. The number of guanidine groups is 1. The van der Waals surface area contributed by atoms with E-state index in [1.807, 2.05) is 30.3 Å². The lowest BCUT2D eigenvalue weighted by Crippen LogP contribution is -2.52. The summed E-state index contributed by atoms with van der Waals surface area (Å²) in [6.07, 6.45) is -9.28. The van der Waals surface area contributed by atoms with Gasteiger partial charge < -0.3 is 73.8 Å². The van der Waals surface area contributed by atoms with Crippen LogP contribution in [-0.2, 0) is 17.6 Å². The number of carbonyl (C=O) groups is 2. The van der Waals surface area contributed by atoms with Crippen molar-refractivity contribution in [3.63, 3.8) is 0 Å². The molecule has 22 heteroatoms. The van der Waals surface area contributed by atoms with Crippen LogP contribution in [0.25, 0.3) is 10.8 Å². The van der Waals surface area contributed by atoms with E-state index in [1.165, 1.54) is 4.90 Å². The molecule has 0 unspecified atom stereocenters. The van der Waals surface area contributed by atoms with E-state index in [-0.39, 0.29) is 61.0 Å². The van der Waals surface area contributed by atoms with Gasteiger partial charge in [-0.2, -0.15) is 0 Å². The normalized spacial score (nSPS) is 15.8. The minimum atomic E-state index is -1.88. The number of aromatic nitrogens is 2. The number of nitrogens with one attached hydrogen (secondary N) is 4. The first-order valence-electron chi connectivity index (χ1n) is 18.9. The highest BCUT2D eigenvalue weighted by atomic mass is 35.5. The van der Waals surface area contributed by atoms with Crippen molar-refractivity contribution in [3.8, 4) is 0 Å². The van der Waals surface area contributed by atoms with Gasteiger partial charge in [0.1, 0.15) is 30.5 Å². The average molecular weight is 853 g/mol. The molecule has 1 aromatic heterocycles. The number of primary amides is 1. The second-order valence-corrected chi connectivity index (χ2v) is 14.6. The molecule has 2 amide bonds. The van der Waals surface area contributed by atoms with Gasteiger partial charge in [-0.3, -0.25) is 25.2 Å². The molecule has 59 heavy (non-hydrogen) atoms. The largest absolute Gasteiger partial charge is 0.394 e. The van der Waals surface area contributed by atoms with Crippen molar-refractivity contribution in [2.75, 3.05) is 57.4 Å². The van der Waals surface area contributed by atoms with Gasteiger partial charge in [0.2, 0.25) is 5.91 Å². The Hall–Kier alpha value is -4.36. The van der Waals surface area contributed by atoms with Gasteiger partial charge in [-0.15, -0.1) is 0 Å². The SMILES string of the molecule is N=C(NCCCCc1ccc2cc(C[C@H](NCCCN(C[C@H](O)[C@@H](O)[C@H](O)[C@H](O)CO)C[C@H](O)[C@@H](O)[C@H](O)CO)C(N)=O)ccc2c1)NC(=O)c1nc(Cl)c(N)nc1N. The molecule has 0 radical (unpaired) electrons. The van der Waals surface area contributed by atoms with E-state index in [0.29, 0.717) is 19.4 Å². The van der Waals surface area contributed by atoms with Crippen LogP contribution in [0, 0.1) is 5.41 Å². The molecule has 3 aromatic rings. The molecule has 0 spiro atoms. The lowest BCUT2D eigenvalue weighted by Gasteiger charge is -2.33. The number of nitrogens with zero attached hydrogens (tertiary/aromatic N) is 3. The molecule has 0 saturated carbocycles. The third-order valence-corrected chi connectivity index (χ3v) is 9.82. The Labute approximate surface area is 345 Å². The van der Waals surface area contributed by atoms with Gasteiger partial charge in [0.25, 0.3) is 5.91 Å². The van der Waals surface area contributed by atoms with E-state index >= 15 is 0 Å². The van der Waals surface area contributed by atoms with Gasteiger partial charge in [0.05, 0.1) is 31.5 Å². The second-order valence-electron chi connectivity index (χ2n) is 14.2. The molecule has 0 fully saturated rings. The zero-order valence-electron chi connectivity index (χ0n) is 32.4. The van der Waals surface area contributed by atoms with Crippen LogP contribution in [0.1, 0.15) is 40.9 Å². The van der Waals surface area contributed by atoms with Crippen molar-refractivity contribution in [1.82, 2.24) is 30.8 Å². The van der Waals surface area contributed by atoms with Crippen molar-refractivity contribution in [2.24, 2.45) is 5.73 Å². The minimum Gasteiger partial charge on any atom is -0.394 e. The number of aryl methyl sites for hydroxylation is 1. The van der Waals surface area contributed by atoms with Crippen LogP contribution in [-0.4, -0.2) is 173 Å². The molecule has 2 aromatic carbocycles. The summed E-state index contributed by atoms with van der Waals surface area (Å²) in [6, 6.07) is 11.1. The second kappa shape index (κ2) is 24.0. The van der Waals surface area contributed by atoms with Crippen molar-refractivity contribution >= 4 is 51.8 Å². The van der Waals surface area contributed by atoms with Crippen LogP contribution in [0.4, 0.5) is 11.6 Å². The number of carbonyl (C=O) groups excluding carboxylic acids is 2. The Kier molecular flexibility index (Phi) is 20.0. The first kappa shape index (κ1) is 49.0. The third-order valence-electron chi connectivity index (χ3n) is 9.54. The van der Waals surface area contributed by atoms with E-state index in [1.54, 1.807) is 0 Å². The number of nitrogen functional groups attached to an aromatic ring is 2. The highest BCUT2D eigenvalue weighted by molar-refractivity contribution is 6.31. The van der Waals surface area contributed by atoms with Crippen LogP contribution in [0.3, 0.4) is 0 Å². The smallest absolute Gasteiger partial charge is 0.280 e. The number of hydrogen-bond acceptors (Lipinski definition) is 18. The van der Waals surface area contributed by atoms with Gasteiger partial charge in [0, 0.05) is 19.6 Å². The number of benzene rings is 2. The molecular weight excluding hydrogens is 796 g/mol. The fourth-order valence-electron chi connectivity index (χ4n) is 6.14. The molecule has 1 heterocycles. The number of halogens is 1. The minimum absolute atomic E-state index is 0.111. The van der Waals surface area contributed by atoms with Crippen molar-refractivity contribution < 1.29 is 55.5 Å². The van der Waals surface area contributed by atoms with Gasteiger partial charge in [-0.25, -0.2) is 9.97 Å². The highest BCUT2D eigenvalue weighted by Gasteiger charge is 2.33. The van der Waals surface area contributed by atoms with Crippen molar-refractivity contribution in [3.05, 3.63) is 58.4 Å². The molecule has 0 aliphatic rings. The lowest BCUT2D eigenvalue weighted by atomic mass is 9.98. The standard InChI is InChI=1S/C37H57ClN10O11/c38-32-34(40)46-33(39)28(45-32)36(59)47-37(42)44-9-2-1-4-19-5-7-22-13-20(6-8-21(22)12-19)14-23(35(41)58)43-10-3-11-48(15-24(51)29(55)26(53)17-49)16-25(52)30(56)31(57)27(54)18-50/h5-8,12-13,23-27,29-31,43,49-57H,1-4,9-11,14-18H2,(H2,41,58)(H4,39,40,46)(H3,42,44,47,59)/t23-,24-,25-,26+,27+,29+,30+,31+/m0/s1. The highest BCUT2D eigenvalue weighted by Crippen LogP contribution is 2.21. The fraction of sp³-hybridized carbons (Fsp3) is 0.541. The first-order chi connectivity index (χ1) is 27.9. The van der Waals surface area contributed by atoms with Gasteiger partial charge in [-0.1, -0.05) is 48.0 Å². The number of rotatable bonds is 25. The molecule has 0 saturated heterocycles. The number of nitrogens with two attached hydrogens (primary N) is 3. The Bertz CT molecular complexity index is 1830. The monoisotopic (exact) mass is 852 g/mol. The molecule has 0 aliphatic carbocycles. The Morgan fingerprint density at radius 1 is 0.763 bits per heavy atom. The lowest BCUT2D eigenvalue weighted by molar-refractivity contribution is -0.123. The van der Waals surface area contributed by atoms with Crippen molar-refractivity contribution in [1.29, 1.82) is 5.41 Å². The van der Waals surface area contributed by atoms with Gasteiger partial charge >= 0.3 is 0 Å². The summed E-state index contributed by atoms with van der Waals surface area (Å²) < 4.78 is 0. The quantitative estimate of drug-likeness (QED) is 0.0219. The van der Waals surface area contributed by atoms with E-state index in [0.717, 1.165) is 34.7 Å². The summed E-state index contributed by atoms with van der Waals surface area (Å²) in [6.45, 7) is -1.62. The summed E-state index contributed by atoms with van der Waals surface area (Å²) in [7, 11) is 0. The zero-order chi connectivity index (χ0) is 43.8. The molecule has 3 rings (SSSR count). The number of anilines is 2. The van der Waals surface area contributed by atoms with E-state index in [4.69, 9.17) is 44.4 Å². The van der Waals surface area contributed by atoms with Crippen molar-refractivity contribution in [2.45, 2.75) is 80.9 Å². The maximum Gasteiger partial charge on any atom is 0.280 e. The number of unbranched alkanes of at least 4 members (excludes halogenated alkanes) is 1. The Morgan fingerprint density at radius 2 is 1.34 bits per heavy atom. The predicted octanol–water partition coefficient (Wildman–Crippen LogP) is -4.09. The summed E-state index contributed by atoms with van der Waals surface area (Å²) in [5.41, 5.74) is 18.6. The predicted molar refractivity (Wildman–Crippen MR) is 218 cm³/mol. The molecule has 19 N–H and O–H groups in total. The number of hydrogen-bond donors (Lipinski definition) is 16. The number of fused-ring (bicyclic) bond motifs is 1. The van der Waals surface area contributed by atoms with Crippen LogP contribution in [0.15, 0.2) is 36.4 Å². The average Bonchev–Trinajstić information content (AvgIpc) is 3.21. The van der Waals surface area contributed by atoms with Crippen LogP contribution in [0.5, 0.6) is 0 Å². The van der Waals surface area contributed by atoms with Crippen LogP contribution in [0.2, 0.25) is 5.15 Å². The van der Waals surface area contributed by atoms with E-state index in [9.17, 15) is 45.3 Å². The summed E-state index contributed by atoms with van der Waals surface area (Å²) >= 11 is 5.82. The third kappa shape index (κ3) is 15.3. The number of aliphatic hydroxyl groups is 9. The van der Waals surface area contributed by atoms with Gasteiger partial charge in [-0.05, 0) is 67.1 Å². The van der Waals surface area contributed by atoms with Gasteiger partial charge in [0.15, 0.2) is 28.4 Å². The fourth-order valence-corrected chi connectivity index (χ4v) is 6.26. The molecule has 8 atom stereocenters. The topological polar surface area (TPSA) is 383 Å². The molecule has 21 nitrogen and oxygen atoms in total. The maximum atomic E-state index is 12.4. The summed E-state index contributed by atoms with van der Waals surface area (Å²) in [5, 5.41) is 107. The Balaban J connectivity index is 1.50. The summed E-state index contributed by atoms with van der Waals surface area (Å²) in [5.74, 6) is -1.90. The molecule has 0 aliphatic heterocycles. The molecular formula is C37H57ClN10O11. The van der Waals surface area contributed by atoms with Crippen LogP contribution >= 0.6 is 11.6 Å². The molecule has 328 valence electrons. The summed E-state index contributed by atoms with van der Waals surface area (Å²) in [4.78, 5) is 33.8. The van der Waals surface area contributed by atoms with Crippen LogP contribution < -0.4 is 33.2 Å².